The number of benzene rings is 2. The van der Waals surface area contributed by atoms with Crippen LogP contribution in [0.5, 0.6) is 0 Å². The standard InChI is InChI=1S/C23H21ClFN3O3/c1-14(17-7-3-4-8-18(17)23(30)31)28-22(29)19-12-16(24)13-27-21(19)26-11-10-15-6-2-5-9-20(15)25/h2-9,12-14H,10-11H2,1H3,(H,26,27)(H,28,29)(H,30,31)/t14-/m0/s1. The summed E-state index contributed by atoms with van der Waals surface area (Å²) in [4.78, 5) is 28.6. The van der Waals surface area contributed by atoms with E-state index >= 15 is 0 Å². The number of aromatic carboxylic acids is 1. The highest BCUT2D eigenvalue weighted by Crippen LogP contribution is 2.22. The zero-order chi connectivity index (χ0) is 22.4. The number of anilines is 1. The van der Waals surface area contributed by atoms with E-state index in [0.29, 0.717) is 29.9 Å². The third-order valence-electron chi connectivity index (χ3n) is 4.75. The number of hydrogen-bond donors (Lipinski definition) is 3. The number of amides is 1. The molecule has 0 aliphatic rings. The van der Waals surface area contributed by atoms with Crippen molar-refractivity contribution >= 4 is 29.3 Å². The van der Waals surface area contributed by atoms with Crippen LogP contribution in [0.2, 0.25) is 5.02 Å². The van der Waals surface area contributed by atoms with Crippen LogP contribution in [-0.4, -0.2) is 28.5 Å². The molecule has 3 aromatic rings. The Balaban J connectivity index is 1.74. The van der Waals surface area contributed by atoms with Crippen molar-refractivity contribution in [1.29, 1.82) is 0 Å². The van der Waals surface area contributed by atoms with Crippen molar-refractivity contribution in [2.24, 2.45) is 0 Å². The first-order valence-electron chi connectivity index (χ1n) is 9.62. The van der Waals surface area contributed by atoms with E-state index in [-0.39, 0.29) is 22.0 Å². The lowest BCUT2D eigenvalue weighted by molar-refractivity contribution is 0.0693. The van der Waals surface area contributed by atoms with E-state index in [0.717, 1.165) is 0 Å². The fourth-order valence-electron chi connectivity index (χ4n) is 3.19. The molecule has 3 rings (SSSR count). The molecule has 3 N–H and O–H groups in total. The molecule has 31 heavy (non-hydrogen) atoms. The van der Waals surface area contributed by atoms with Crippen LogP contribution in [0.4, 0.5) is 10.2 Å². The Labute approximate surface area is 184 Å². The van der Waals surface area contributed by atoms with Gasteiger partial charge in [-0.3, -0.25) is 4.79 Å². The van der Waals surface area contributed by atoms with Crippen molar-refractivity contribution in [3.63, 3.8) is 0 Å². The van der Waals surface area contributed by atoms with Crippen molar-refractivity contribution in [2.45, 2.75) is 19.4 Å². The van der Waals surface area contributed by atoms with Gasteiger partial charge in [0.1, 0.15) is 11.6 Å². The first-order chi connectivity index (χ1) is 14.9. The van der Waals surface area contributed by atoms with Crippen LogP contribution in [0, 0.1) is 5.82 Å². The quantitative estimate of drug-likeness (QED) is 0.470. The highest BCUT2D eigenvalue weighted by Gasteiger charge is 2.20. The summed E-state index contributed by atoms with van der Waals surface area (Å²) >= 11 is 6.03. The summed E-state index contributed by atoms with van der Waals surface area (Å²) in [6.07, 6.45) is 1.81. The van der Waals surface area contributed by atoms with E-state index in [9.17, 15) is 19.1 Å². The van der Waals surface area contributed by atoms with E-state index in [2.05, 4.69) is 15.6 Å². The molecular formula is C23H21ClFN3O3. The van der Waals surface area contributed by atoms with E-state index in [1.807, 2.05) is 0 Å². The second-order valence-electron chi connectivity index (χ2n) is 6.91. The molecule has 1 atom stereocenters. The molecule has 6 nitrogen and oxygen atoms in total. The van der Waals surface area contributed by atoms with Gasteiger partial charge in [-0.2, -0.15) is 0 Å². The summed E-state index contributed by atoms with van der Waals surface area (Å²) in [5, 5.41) is 15.5. The number of hydrogen-bond acceptors (Lipinski definition) is 4. The van der Waals surface area contributed by atoms with Gasteiger partial charge < -0.3 is 15.7 Å². The molecule has 8 heteroatoms. The molecule has 160 valence electrons. The summed E-state index contributed by atoms with van der Waals surface area (Å²) < 4.78 is 13.8. The molecule has 1 amide bonds. The molecule has 2 aromatic carbocycles. The summed E-state index contributed by atoms with van der Waals surface area (Å²) in [6.45, 7) is 2.05. The summed E-state index contributed by atoms with van der Waals surface area (Å²) in [5.74, 6) is -1.53. The van der Waals surface area contributed by atoms with Gasteiger partial charge in [0.25, 0.3) is 5.91 Å². The van der Waals surface area contributed by atoms with E-state index in [4.69, 9.17) is 11.6 Å². The maximum Gasteiger partial charge on any atom is 0.336 e. The van der Waals surface area contributed by atoms with Crippen LogP contribution in [0.25, 0.3) is 0 Å². The molecule has 0 aliphatic carbocycles. The fraction of sp³-hybridized carbons (Fsp3) is 0.174. The molecule has 1 aromatic heterocycles. The molecule has 0 aliphatic heterocycles. The molecule has 1 heterocycles. The van der Waals surface area contributed by atoms with Crippen LogP contribution in [0.1, 0.15) is 44.8 Å². The minimum absolute atomic E-state index is 0.114. The minimum atomic E-state index is -1.07. The smallest absolute Gasteiger partial charge is 0.336 e. The van der Waals surface area contributed by atoms with Crippen molar-refractivity contribution in [1.82, 2.24) is 10.3 Å². The highest BCUT2D eigenvalue weighted by molar-refractivity contribution is 6.31. The zero-order valence-corrected chi connectivity index (χ0v) is 17.5. The van der Waals surface area contributed by atoms with Gasteiger partial charge in [0, 0.05) is 12.7 Å². The van der Waals surface area contributed by atoms with Gasteiger partial charge in [-0.25, -0.2) is 14.2 Å². The number of nitrogens with one attached hydrogen (secondary N) is 2. The highest BCUT2D eigenvalue weighted by atomic mass is 35.5. The summed E-state index contributed by atoms with van der Waals surface area (Å²) in [7, 11) is 0. The number of nitrogens with zero attached hydrogens (tertiary/aromatic N) is 1. The van der Waals surface area contributed by atoms with Crippen LogP contribution in [-0.2, 0) is 6.42 Å². The topological polar surface area (TPSA) is 91.3 Å². The van der Waals surface area contributed by atoms with Gasteiger partial charge in [-0.1, -0.05) is 48.0 Å². The molecule has 0 bridgehead atoms. The number of carboxylic acids is 1. The molecule has 0 saturated heterocycles. The third kappa shape index (κ3) is 5.58. The van der Waals surface area contributed by atoms with Crippen LogP contribution in [0.15, 0.2) is 60.8 Å². The van der Waals surface area contributed by atoms with E-state index in [1.54, 1.807) is 43.3 Å². The van der Waals surface area contributed by atoms with Crippen LogP contribution in [0.3, 0.4) is 0 Å². The Morgan fingerprint density at radius 2 is 1.84 bits per heavy atom. The average molecular weight is 442 g/mol. The summed E-state index contributed by atoms with van der Waals surface area (Å²) in [5.41, 5.74) is 1.35. The third-order valence-corrected chi connectivity index (χ3v) is 4.96. The second kappa shape index (κ2) is 10.0. The predicted molar refractivity (Wildman–Crippen MR) is 117 cm³/mol. The monoisotopic (exact) mass is 441 g/mol. The fourth-order valence-corrected chi connectivity index (χ4v) is 3.35. The lowest BCUT2D eigenvalue weighted by atomic mass is 10.0. The summed E-state index contributed by atoms with van der Waals surface area (Å²) in [6, 6.07) is 13.9. The predicted octanol–water partition coefficient (Wildman–Crippen LogP) is 4.72. The molecule has 0 radical (unpaired) electrons. The average Bonchev–Trinajstić information content (AvgIpc) is 2.75. The molecule has 0 spiro atoms. The largest absolute Gasteiger partial charge is 0.478 e. The van der Waals surface area contributed by atoms with Gasteiger partial charge in [-0.15, -0.1) is 0 Å². The van der Waals surface area contributed by atoms with Crippen molar-refractivity contribution < 1.29 is 19.1 Å². The molecule has 0 fully saturated rings. The van der Waals surface area contributed by atoms with Crippen molar-refractivity contribution in [3.8, 4) is 0 Å². The maximum atomic E-state index is 13.8. The van der Waals surface area contributed by atoms with Crippen LogP contribution >= 0.6 is 11.6 Å². The Kier molecular flexibility index (Phi) is 7.20. The van der Waals surface area contributed by atoms with Crippen molar-refractivity contribution in [3.05, 3.63) is 93.9 Å². The minimum Gasteiger partial charge on any atom is -0.478 e. The Bertz CT molecular complexity index is 1110. The zero-order valence-electron chi connectivity index (χ0n) is 16.7. The number of carbonyl (C=O) groups excluding carboxylic acids is 1. The lowest BCUT2D eigenvalue weighted by Crippen LogP contribution is -2.29. The van der Waals surface area contributed by atoms with Gasteiger partial charge in [0.05, 0.1) is 22.2 Å². The second-order valence-corrected chi connectivity index (χ2v) is 7.34. The SMILES string of the molecule is C[C@H](NC(=O)c1cc(Cl)cnc1NCCc1ccccc1F)c1ccccc1C(=O)O. The number of halogens is 2. The normalized spacial score (nSPS) is 11.6. The Morgan fingerprint density at radius 1 is 1.13 bits per heavy atom. The Morgan fingerprint density at radius 3 is 2.58 bits per heavy atom. The molecule has 0 unspecified atom stereocenters. The van der Waals surface area contributed by atoms with Crippen molar-refractivity contribution in [2.75, 3.05) is 11.9 Å². The van der Waals surface area contributed by atoms with Gasteiger partial charge >= 0.3 is 5.97 Å². The van der Waals surface area contributed by atoms with Crippen LogP contribution < -0.4 is 10.6 Å². The number of aromatic nitrogens is 1. The number of pyridine rings is 1. The first kappa shape index (κ1) is 22.2. The molecular weight excluding hydrogens is 421 g/mol. The lowest BCUT2D eigenvalue weighted by Gasteiger charge is -2.18. The maximum absolute atomic E-state index is 13.8. The molecule has 0 saturated carbocycles. The Hall–Kier alpha value is -3.45. The number of rotatable bonds is 8. The van der Waals surface area contributed by atoms with Gasteiger partial charge in [0.2, 0.25) is 0 Å². The van der Waals surface area contributed by atoms with E-state index in [1.165, 1.54) is 24.4 Å². The van der Waals surface area contributed by atoms with Gasteiger partial charge in [-0.05, 0) is 42.7 Å². The van der Waals surface area contributed by atoms with Gasteiger partial charge in [0.15, 0.2) is 0 Å². The first-order valence-corrected chi connectivity index (χ1v) is 10.0. The number of carbonyl (C=O) groups is 2. The van der Waals surface area contributed by atoms with E-state index < -0.39 is 17.9 Å². The number of carboxylic acid groups (broad SMARTS) is 1.